The Labute approximate surface area is 230 Å². The zero-order valence-corrected chi connectivity index (χ0v) is 23.0. The van der Waals surface area contributed by atoms with E-state index < -0.39 is 0 Å². The third-order valence-corrected chi connectivity index (χ3v) is 6.84. The molecule has 7 heteroatoms. The first kappa shape index (κ1) is 27.9. The van der Waals surface area contributed by atoms with Gasteiger partial charge in [-0.2, -0.15) is 0 Å². The van der Waals surface area contributed by atoms with Gasteiger partial charge in [-0.05, 0) is 61.2 Å². The van der Waals surface area contributed by atoms with Crippen molar-refractivity contribution in [2.24, 2.45) is 0 Å². The normalized spacial score (nSPS) is 10.9. The molecule has 204 valence electrons. The molecule has 39 heavy (non-hydrogen) atoms. The van der Waals surface area contributed by atoms with Crippen molar-refractivity contribution in [1.82, 2.24) is 14.8 Å². The molecule has 4 aromatic rings. The number of rotatable bonds is 13. The molecule has 0 spiro atoms. The quantitative estimate of drug-likeness (QED) is 0.258. The first-order chi connectivity index (χ1) is 19.0. The van der Waals surface area contributed by atoms with Crippen molar-refractivity contribution in [3.63, 3.8) is 0 Å². The van der Waals surface area contributed by atoms with Gasteiger partial charge in [0.1, 0.15) is 12.3 Å². The van der Waals surface area contributed by atoms with Gasteiger partial charge in [0.25, 0.3) is 5.91 Å². The van der Waals surface area contributed by atoms with Gasteiger partial charge in [-0.15, -0.1) is 0 Å². The van der Waals surface area contributed by atoms with E-state index in [9.17, 15) is 9.59 Å². The highest BCUT2D eigenvalue weighted by Crippen LogP contribution is 2.20. The second-order valence-corrected chi connectivity index (χ2v) is 9.54. The Bertz CT molecular complexity index is 1380. The molecule has 0 bridgehead atoms. The lowest BCUT2D eigenvalue weighted by atomic mass is 10.1. The number of aromatic nitrogens is 1. The number of hydrogen-bond acceptors (Lipinski definition) is 4. The maximum Gasteiger partial charge on any atom is 0.254 e. The molecule has 0 saturated carbocycles. The Hall–Kier alpha value is -4.10. The maximum absolute atomic E-state index is 13.8. The van der Waals surface area contributed by atoms with E-state index in [1.165, 1.54) is 0 Å². The first-order valence-corrected chi connectivity index (χ1v) is 13.4. The number of H-pyrrole nitrogens is 1. The van der Waals surface area contributed by atoms with Crippen LogP contribution in [-0.2, 0) is 22.5 Å². The largest absolute Gasteiger partial charge is 0.494 e. The lowest BCUT2D eigenvalue weighted by Crippen LogP contribution is -2.44. The van der Waals surface area contributed by atoms with Crippen LogP contribution in [0.25, 0.3) is 10.9 Å². The summed E-state index contributed by atoms with van der Waals surface area (Å²) in [5.41, 5.74) is 4.70. The molecule has 0 aliphatic carbocycles. The number of carbonyl (C=O) groups is 2. The average Bonchev–Trinajstić information content (AvgIpc) is 3.37. The van der Waals surface area contributed by atoms with Crippen LogP contribution in [0.2, 0.25) is 0 Å². The Morgan fingerprint density at radius 1 is 0.897 bits per heavy atom. The van der Waals surface area contributed by atoms with Gasteiger partial charge in [0.15, 0.2) is 0 Å². The summed E-state index contributed by atoms with van der Waals surface area (Å²) in [6.07, 6.45) is 2.70. The van der Waals surface area contributed by atoms with Crippen LogP contribution < -0.4 is 4.74 Å². The molecule has 0 radical (unpaired) electrons. The monoisotopic (exact) mass is 527 g/mol. The molecule has 1 N–H and O–H groups in total. The van der Waals surface area contributed by atoms with Crippen molar-refractivity contribution in [2.45, 2.75) is 26.8 Å². The number of benzene rings is 3. The van der Waals surface area contributed by atoms with Gasteiger partial charge in [0, 0.05) is 49.4 Å². The number of aryl methyl sites for hydroxylation is 1. The third-order valence-electron chi connectivity index (χ3n) is 6.84. The fraction of sp³-hybridized carbons (Fsp3) is 0.312. The van der Waals surface area contributed by atoms with Gasteiger partial charge < -0.3 is 24.3 Å². The van der Waals surface area contributed by atoms with E-state index in [0.717, 1.165) is 33.3 Å². The fourth-order valence-corrected chi connectivity index (χ4v) is 4.66. The summed E-state index contributed by atoms with van der Waals surface area (Å²) in [6, 6.07) is 23.4. The number of nitrogens with one attached hydrogen (secondary N) is 1. The Balaban J connectivity index is 1.55. The average molecular weight is 528 g/mol. The second kappa shape index (κ2) is 13.6. The summed E-state index contributed by atoms with van der Waals surface area (Å²) >= 11 is 0. The summed E-state index contributed by atoms with van der Waals surface area (Å²) in [5, 5.41) is 1.16. The smallest absolute Gasteiger partial charge is 0.254 e. The number of fused-ring (bicyclic) bond motifs is 1. The van der Waals surface area contributed by atoms with Crippen molar-refractivity contribution in [1.29, 1.82) is 0 Å². The van der Waals surface area contributed by atoms with E-state index in [-0.39, 0.29) is 18.4 Å². The van der Waals surface area contributed by atoms with Gasteiger partial charge in [0.2, 0.25) is 5.91 Å². The molecule has 0 aliphatic rings. The molecule has 0 fully saturated rings. The van der Waals surface area contributed by atoms with Gasteiger partial charge in [0.05, 0.1) is 13.2 Å². The van der Waals surface area contributed by atoms with Crippen molar-refractivity contribution in [2.75, 3.05) is 40.0 Å². The molecule has 1 aromatic heterocycles. The van der Waals surface area contributed by atoms with E-state index in [0.29, 0.717) is 44.8 Å². The first-order valence-electron chi connectivity index (χ1n) is 13.4. The van der Waals surface area contributed by atoms with Crippen molar-refractivity contribution >= 4 is 22.7 Å². The molecule has 0 atom stereocenters. The fourth-order valence-electron chi connectivity index (χ4n) is 4.66. The van der Waals surface area contributed by atoms with Crippen molar-refractivity contribution < 1.29 is 19.1 Å². The third kappa shape index (κ3) is 7.27. The topological polar surface area (TPSA) is 74.9 Å². The number of aromatic amines is 1. The zero-order valence-electron chi connectivity index (χ0n) is 23.0. The summed E-state index contributed by atoms with van der Waals surface area (Å²) in [7, 11) is 1.59. The minimum absolute atomic E-state index is 0.0263. The molecule has 0 unspecified atom stereocenters. The van der Waals surface area contributed by atoms with E-state index in [1.54, 1.807) is 18.1 Å². The number of methoxy groups -OCH3 is 1. The molecule has 3 aromatic carbocycles. The summed E-state index contributed by atoms with van der Waals surface area (Å²) in [5.74, 6) is 0.519. The minimum Gasteiger partial charge on any atom is -0.494 e. The van der Waals surface area contributed by atoms with Crippen LogP contribution in [-0.4, -0.2) is 66.6 Å². The number of nitrogens with zero attached hydrogens (tertiary/aromatic N) is 2. The SMILES string of the molecule is CCOc1ccc(CN(CCc2c[nH]c3ccccc23)C(=O)CN(CCOC)C(=O)c2ccccc2C)cc1. The molecule has 0 aliphatic heterocycles. The van der Waals surface area contributed by atoms with Crippen LogP contribution in [0.15, 0.2) is 79.0 Å². The second-order valence-electron chi connectivity index (χ2n) is 9.54. The standard InChI is InChI=1S/C32H37N3O4/c1-4-39-27-15-13-25(14-16-27)22-34(18-17-26-21-33-30-12-8-7-11-29(26)30)31(36)23-35(19-20-38-3)32(37)28-10-6-5-9-24(28)2/h5-16,21,33H,4,17-20,22-23H2,1-3H3. The lowest BCUT2D eigenvalue weighted by molar-refractivity contribution is -0.132. The number of ether oxygens (including phenoxy) is 2. The minimum atomic E-state index is -0.170. The van der Waals surface area contributed by atoms with E-state index in [1.807, 2.05) is 85.6 Å². The molecule has 7 nitrogen and oxygen atoms in total. The van der Waals surface area contributed by atoms with E-state index in [4.69, 9.17) is 9.47 Å². The van der Waals surface area contributed by atoms with Crippen LogP contribution in [0.1, 0.15) is 34.0 Å². The highest BCUT2D eigenvalue weighted by molar-refractivity contribution is 5.97. The molecule has 4 rings (SSSR count). The highest BCUT2D eigenvalue weighted by atomic mass is 16.5. The maximum atomic E-state index is 13.8. The Kier molecular flexibility index (Phi) is 9.75. The van der Waals surface area contributed by atoms with Crippen LogP contribution >= 0.6 is 0 Å². The number of amides is 2. The molecule has 0 saturated heterocycles. The van der Waals surface area contributed by atoms with Gasteiger partial charge in [-0.3, -0.25) is 9.59 Å². The van der Waals surface area contributed by atoms with Gasteiger partial charge >= 0.3 is 0 Å². The predicted octanol–water partition coefficient (Wildman–Crippen LogP) is 5.24. The molecular formula is C32H37N3O4. The summed E-state index contributed by atoms with van der Waals surface area (Å²) in [4.78, 5) is 34.0. The molecule has 1 heterocycles. The van der Waals surface area contributed by atoms with Gasteiger partial charge in [-0.1, -0.05) is 48.5 Å². The lowest BCUT2D eigenvalue weighted by Gasteiger charge is -2.28. The summed E-state index contributed by atoms with van der Waals surface area (Å²) in [6.45, 7) is 6.06. The highest BCUT2D eigenvalue weighted by Gasteiger charge is 2.23. The Morgan fingerprint density at radius 2 is 1.64 bits per heavy atom. The van der Waals surface area contributed by atoms with Crippen LogP contribution in [0.4, 0.5) is 0 Å². The molecular weight excluding hydrogens is 490 g/mol. The zero-order chi connectivity index (χ0) is 27.6. The van der Waals surface area contributed by atoms with Gasteiger partial charge in [-0.25, -0.2) is 0 Å². The molecule has 2 amide bonds. The van der Waals surface area contributed by atoms with E-state index >= 15 is 0 Å². The predicted molar refractivity (Wildman–Crippen MR) is 154 cm³/mol. The van der Waals surface area contributed by atoms with Crippen molar-refractivity contribution in [3.8, 4) is 5.75 Å². The number of para-hydroxylation sites is 1. The number of hydrogen-bond donors (Lipinski definition) is 1. The van der Waals surface area contributed by atoms with Crippen molar-refractivity contribution in [3.05, 3.63) is 101 Å². The van der Waals surface area contributed by atoms with Crippen LogP contribution in [0, 0.1) is 6.92 Å². The van der Waals surface area contributed by atoms with Crippen LogP contribution in [0.5, 0.6) is 5.75 Å². The van der Waals surface area contributed by atoms with E-state index in [2.05, 4.69) is 11.1 Å². The number of carbonyl (C=O) groups excluding carboxylic acids is 2. The summed E-state index contributed by atoms with van der Waals surface area (Å²) < 4.78 is 10.8. The Morgan fingerprint density at radius 3 is 2.38 bits per heavy atom. The van der Waals surface area contributed by atoms with Crippen LogP contribution in [0.3, 0.4) is 0 Å².